The molecule has 2 saturated heterocycles. The average molecular weight is 554 g/mol. The number of nitrogens with zero attached hydrogens (tertiary/aromatic N) is 4. The maximum atomic E-state index is 12.1. The van der Waals surface area contributed by atoms with Gasteiger partial charge in [-0.15, -0.1) is 0 Å². The molecule has 2 atom stereocenters. The van der Waals surface area contributed by atoms with Crippen molar-refractivity contribution in [3.8, 4) is 5.69 Å². The fraction of sp³-hybridized carbons (Fsp3) is 0.258. The van der Waals surface area contributed by atoms with E-state index in [4.69, 9.17) is 17.0 Å². The Bertz CT molecular complexity index is 1550. The fourth-order valence-electron chi connectivity index (χ4n) is 5.90. The molecular formula is C31H31N5O3S. The molecule has 0 radical (unpaired) electrons. The van der Waals surface area contributed by atoms with Gasteiger partial charge in [-0.1, -0.05) is 18.2 Å². The minimum Gasteiger partial charge on any atom is -0.478 e. The monoisotopic (exact) mass is 553 g/mol. The zero-order valence-electron chi connectivity index (χ0n) is 22.4. The standard InChI is InChI=1S/C31H31N5O3S/c1-20-19-25(21(2)35(20)27-9-4-3-7-24(27)30(37)38)29-28(26-8-5-6-14-32-26)33-31(40)36(29)23-12-10-22(11-13-23)34-15-17-39-18-16-34/h3-14,19,28-29H,15-18H2,1-2H3,(H,33,40)(H,37,38). The molecule has 0 saturated carbocycles. The molecule has 2 unspecified atom stereocenters. The third kappa shape index (κ3) is 4.61. The van der Waals surface area contributed by atoms with Crippen LogP contribution in [-0.4, -0.2) is 52.0 Å². The lowest BCUT2D eigenvalue weighted by Crippen LogP contribution is -2.36. The maximum absolute atomic E-state index is 12.1. The van der Waals surface area contributed by atoms with E-state index in [2.05, 4.69) is 50.4 Å². The third-order valence-electron chi connectivity index (χ3n) is 7.77. The van der Waals surface area contributed by atoms with E-state index in [1.165, 1.54) is 0 Å². The van der Waals surface area contributed by atoms with E-state index in [9.17, 15) is 9.90 Å². The summed E-state index contributed by atoms with van der Waals surface area (Å²) in [5.41, 5.74) is 6.88. The molecule has 9 heteroatoms. The van der Waals surface area contributed by atoms with Crippen molar-refractivity contribution in [2.75, 3.05) is 36.1 Å². The number of hydrogen-bond acceptors (Lipinski definition) is 5. The van der Waals surface area contributed by atoms with Crippen LogP contribution in [0.3, 0.4) is 0 Å². The summed E-state index contributed by atoms with van der Waals surface area (Å²) in [7, 11) is 0. The van der Waals surface area contributed by atoms with Gasteiger partial charge >= 0.3 is 5.97 Å². The number of ether oxygens (including phenoxy) is 1. The summed E-state index contributed by atoms with van der Waals surface area (Å²) in [4.78, 5) is 21.2. The van der Waals surface area contributed by atoms with Gasteiger partial charge < -0.3 is 29.5 Å². The van der Waals surface area contributed by atoms with E-state index in [0.717, 1.165) is 60.3 Å². The predicted octanol–water partition coefficient (Wildman–Crippen LogP) is 5.20. The number of rotatable bonds is 6. The first-order valence-corrected chi connectivity index (χ1v) is 13.8. The summed E-state index contributed by atoms with van der Waals surface area (Å²) < 4.78 is 7.54. The minimum absolute atomic E-state index is 0.198. The Kier molecular flexibility index (Phi) is 7.00. The van der Waals surface area contributed by atoms with Gasteiger partial charge in [0, 0.05) is 42.0 Å². The Morgan fingerprint density at radius 2 is 1.70 bits per heavy atom. The predicted molar refractivity (Wildman–Crippen MR) is 160 cm³/mol. The lowest BCUT2D eigenvalue weighted by Gasteiger charge is -2.31. The summed E-state index contributed by atoms with van der Waals surface area (Å²) in [6.45, 7) is 7.26. The second-order valence-corrected chi connectivity index (χ2v) is 10.5. The molecule has 4 aromatic rings. The van der Waals surface area contributed by atoms with E-state index in [0.29, 0.717) is 10.8 Å². The highest BCUT2D eigenvalue weighted by molar-refractivity contribution is 7.80. The first-order chi connectivity index (χ1) is 19.4. The zero-order valence-corrected chi connectivity index (χ0v) is 23.3. The van der Waals surface area contributed by atoms with Gasteiger partial charge in [0.1, 0.15) is 0 Å². The molecule has 0 bridgehead atoms. The maximum Gasteiger partial charge on any atom is 0.337 e. The third-order valence-corrected chi connectivity index (χ3v) is 8.08. The molecule has 0 amide bonds. The highest BCUT2D eigenvalue weighted by Crippen LogP contribution is 2.44. The molecule has 2 aromatic heterocycles. The van der Waals surface area contributed by atoms with Gasteiger partial charge in [0.25, 0.3) is 0 Å². The van der Waals surface area contributed by atoms with Crippen LogP contribution in [0.2, 0.25) is 0 Å². The van der Waals surface area contributed by atoms with Crippen molar-refractivity contribution in [2.24, 2.45) is 0 Å². The largest absolute Gasteiger partial charge is 0.478 e. The molecule has 2 aliphatic rings. The van der Waals surface area contributed by atoms with Crippen molar-refractivity contribution < 1.29 is 14.6 Å². The Morgan fingerprint density at radius 3 is 2.40 bits per heavy atom. The number of carboxylic acids is 1. The smallest absolute Gasteiger partial charge is 0.337 e. The molecule has 0 aliphatic carbocycles. The van der Waals surface area contributed by atoms with E-state index >= 15 is 0 Å². The number of carbonyl (C=O) groups is 1. The quantitative estimate of drug-likeness (QED) is 0.315. The number of morpholine rings is 1. The summed E-state index contributed by atoms with van der Waals surface area (Å²) in [5, 5.41) is 14.0. The van der Waals surface area contributed by atoms with Crippen LogP contribution in [-0.2, 0) is 4.74 Å². The first-order valence-electron chi connectivity index (χ1n) is 13.4. The Balaban J connectivity index is 1.45. The molecule has 6 rings (SSSR count). The molecule has 2 N–H and O–H groups in total. The number of pyridine rings is 1. The van der Waals surface area contributed by atoms with Crippen molar-refractivity contribution in [3.05, 3.63) is 107 Å². The van der Waals surface area contributed by atoms with Crippen molar-refractivity contribution in [3.63, 3.8) is 0 Å². The number of aromatic carboxylic acids is 1. The Morgan fingerprint density at radius 1 is 1.00 bits per heavy atom. The molecule has 40 heavy (non-hydrogen) atoms. The number of benzene rings is 2. The van der Waals surface area contributed by atoms with Gasteiger partial charge in [-0.3, -0.25) is 4.98 Å². The number of nitrogens with one attached hydrogen (secondary N) is 1. The fourth-order valence-corrected chi connectivity index (χ4v) is 6.25. The zero-order chi connectivity index (χ0) is 27.8. The lowest BCUT2D eigenvalue weighted by atomic mass is 9.96. The average Bonchev–Trinajstić information content (AvgIpc) is 3.48. The minimum atomic E-state index is -0.957. The number of aryl methyl sites for hydroxylation is 1. The second-order valence-electron chi connectivity index (χ2n) is 10.1. The summed E-state index contributed by atoms with van der Waals surface area (Å²) in [6, 6.07) is 23.3. The summed E-state index contributed by atoms with van der Waals surface area (Å²) in [6.07, 6.45) is 1.79. The highest BCUT2D eigenvalue weighted by atomic mass is 32.1. The second kappa shape index (κ2) is 10.7. The molecule has 0 spiro atoms. The van der Waals surface area contributed by atoms with Gasteiger partial charge in [-0.05, 0) is 86.2 Å². The summed E-state index contributed by atoms with van der Waals surface area (Å²) >= 11 is 5.94. The van der Waals surface area contributed by atoms with Crippen molar-refractivity contribution in [2.45, 2.75) is 25.9 Å². The number of carboxylic acid groups (broad SMARTS) is 1. The summed E-state index contributed by atoms with van der Waals surface area (Å²) in [5.74, 6) is -0.957. The number of anilines is 2. The van der Waals surface area contributed by atoms with Crippen molar-refractivity contribution in [1.82, 2.24) is 14.9 Å². The number of aromatic nitrogens is 2. The van der Waals surface area contributed by atoms with Crippen LogP contribution < -0.4 is 15.1 Å². The Hall–Kier alpha value is -4.21. The van der Waals surface area contributed by atoms with Crippen LogP contribution in [0, 0.1) is 13.8 Å². The normalized spacial score (nSPS) is 19.1. The van der Waals surface area contributed by atoms with E-state index in [-0.39, 0.29) is 17.6 Å². The molecule has 2 aromatic carbocycles. The number of para-hydroxylation sites is 1. The first kappa shape index (κ1) is 26.0. The molecule has 8 nitrogen and oxygen atoms in total. The Labute approximate surface area is 238 Å². The van der Waals surface area contributed by atoms with Gasteiger partial charge in [-0.2, -0.15) is 0 Å². The van der Waals surface area contributed by atoms with E-state index in [1.54, 1.807) is 18.3 Å². The molecular weight excluding hydrogens is 522 g/mol. The topological polar surface area (TPSA) is 82.9 Å². The lowest BCUT2D eigenvalue weighted by molar-refractivity contribution is 0.0697. The van der Waals surface area contributed by atoms with Crippen LogP contribution in [0.1, 0.15) is 45.1 Å². The van der Waals surface area contributed by atoms with Gasteiger partial charge in [0.15, 0.2) is 5.11 Å². The van der Waals surface area contributed by atoms with Gasteiger partial charge in [-0.25, -0.2) is 4.79 Å². The highest BCUT2D eigenvalue weighted by Gasteiger charge is 2.42. The molecule has 2 aliphatic heterocycles. The van der Waals surface area contributed by atoms with Crippen LogP contribution in [0.5, 0.6) is 0 Å². The van der Waals surface area contributed by atoms with E-state index < -0.39 is 5.97 Å². The number of thiocarbonyl (C=S) groups is 1. The van der Waals surface area contributed by atoms with E-state index in [1.807, 2.05) is 48.7 Å². The van der Waals surface area contributed by atoms with Gasteiger partial charge in [0.2, 0.25) is 0 Å². The van der Waals surface area contributed by atoms with Crippen molar-refractivity contribution in [1.29, 1.82) is 0 Å². The molecule has 4 heterocycles. The van der Waals surface area contributed by atoms with Crippen LogP contribution in [0.4, 0.5) is 11.4 Å². The molecule has 204 valence electrons. The molecule has 2 fully saturated rings. The van der Waals surface area contributed by atoms with Crippen LogP contribution in [0.15, 0.2) is 79.0 Å². The van der Waals surface area contributed by atoms with Crippen LogP contribution in [0.25, 0.3) is 5.69 Å². The SMILES string of the molecule is Cc1cc(C2C(c3ccccn3)NC(=S)N2c2ccc(N3CCOCC3)cc2)c(C)n1-c1ccccc1C(=O)O. The van der Waals surface area contributed by atoms with Crippen molar-refractivity contribution >= 4 is 34.7 Å². The number of hydrogen-bond donors (Lipinski definition) is 2. The van der Waals surface area contributed by atoms with Crippen LogP contribution >= 0.6 is 12.2 Å². The van der Waals surface area contributed by atoms with Gasteiger partial charge in [0.05, 0.1) is 42.2 Å².